The van der Waals surface area contributed by atoms with Crippen molar-refractivity contribution >= 4 is 0 Å². The summed E-state index contributed by atoms with van der Waals surface area (Å²) in [6, 6.07) is 9.99. The number of ether oxygens (including phenoxy) is 2. The average molecular weight is 192 g/mol. The lowest BCUT2D eigenvalue weighted by molar-refractivity contribution is 0.0569. The van der Waals surface area contributed by atoms with E-state index < -0.39 is 0 Å². The zero-order valence-electron chi connectivity index (χ0n) is 8.06. The maximum absolute atomic E-state index is 5.57. The molecule has 1 unspecified atom stereocenters. The van der Waals surface area contributed by atoms with Gasteiger partial charge in [0.2, 0.25) is 0 Å². The Hall–Kier alpha value is -1.06. The lowest BCUT2D eigenvalue weighted by Crippen LogP contribution is -2.39. The highest BCUT2D eigenvalue weighted by atomic mass is 16.5. The van der Waals surface area contributed by atoms with Crippen LogP contribution >= 0.6 is 0 Å². The van der Waals surface area contributed by atoms with Crippen LogP contribution in [0.4, 0.5) is 0 Å². The second kappa shape index (κ2) is 4.98. The van der Waals surface area contributed by atoms with Crippen LogP contribution in [0.2, 0.25) is 0 Å². The van der Waals surface area contributed by atoms with Crippen LogP contribution < -0.4 is 10.1 Å². The Morgan fingerprint density at radius 3 is 2.93 bits per heavy atom. The van der Waals surface area contributed by atoms with Crippen molar-refractivity contribution in [3.63, 3.8) is 0 Å². The molecule has 0 aromatic heterocycles. The molecule has 1 heterocycles. The van der Waals surface area contributed by atoms with Crippen LogP contribution in [0.1, 0.15) is 0 Å². The van der Waals surface area contributed by atoms with Gasteiger partial charge in [0.05, 0.1) is 19.3 Å². The van der Waals surface area contributed by atoms with Gasteiger partial charge in [-0.1, -0.05) is 18.2 Å². The van der Waals surface area contributed by atoms with Gasteiger partial charge in [-0.05, 0) is 12.1 Å². The van der Waals surface area contributed by atoms with Crippen LogP contribution in [0.3, 0.4) is 0 Å². The Labute approximate surface area is 84.0 Å². The number of morpholine rings is 1. The number of para-hydroxylation sites is 1. The van der Waals surface area contributed by atoms with Gasteiger partial charge in [-0.25, -0.2) is 5.32 Å². The van der Waals surface area contributed by atoms with Gasteiger partial charge in [0.25, 0.3) is 0 Å². The largest absolute Gasteiger partial charge is 0.492 e. The van der Waals surface area contributed by atoms with Gasteiger partial charge in [0, 0.05) is 6.54 Å². The third kappa shape index (κ3) is 2.72. The fourth-order valence-electron chi connectivity index (χ4n) is 1.38. The molecule has 3 nitrogen and oxygen atoms in total. The molecule has 1 aliphatic rings. The predicted molar refractivity (Wildman–Crippen MR) is 53.5 cm³/mol. The van der Waals surface area contributed by atoms with E-state index in [1.165, 1.54) is 0 Å². The van der Waals surface area contributed by atoms with Crippen molar-refractivity contribution < 1.29 is 9.47 Å². The van der Waals surface area contributed by atoms with Crippen LogP contribution in [-0.2, 0) is 4.74 Å². The summed E-state index contributed by atoms with van der Waals surface area (Å²) >= 11 is 0. The van der Waals surface area contributed by atoms with Gasteiger partial charge >= 0.3 is 0 Å². The second-order valence-corrected chi connectivity index (χ2v) is 3.26. The number of benzene rings is 1. The molecule has 3 heteroatoms. The van der Waals surface area contributed by atoms with Gasteiger partial charge < -0.3 is 9.47 Å². The molecule has 14 heavy (non-hydrogen) atoms. The average Bonchev–Trinajstić information content (AvgIpc) is 2.29. The highest BCUT2D eigenvalue weighted by molar-refractivity contribution is 5.20. The predicted octanol–water partition coefficient (Wildman–Crippen LogP) is 1.07. The summed E-state index contributed by atoms with van der Waals surface area (Å²) < 4.78 is 10.9. The first kappa shape index (κ1) is 9.49. The highest BCUT2D eigenvalue weighted by Gasteiger charge is 2.14. The molecule has 0 saturated carbocycles. The Kier molecular flexibility index (Phi) is 3.38. The molecule has 0 spiro atoms. The van der Waals surface area contributed by atoms with E-state index in [-0.39, 0.29) is 6.04 Å². The van der Waals surface area contributed by atoms with Crippen LogP contribution in [0.5, 0.6) is 5.75 Å². The third-order valence-corrected chi connectivity index (χ3v) is 2.12. The molecule has 2 rings (SSSR count). The van der Waals surface area contributed by atoms with E-state index in [9.17, 15) is 0 Å². The Bertz CT molecular complexity index is 257. The molecule has 1 radical (unpaired) electrons. The van der Waals surface area contributed by atoms with Crippen LogP contribution in [0.15, 0.2) is 30.3 Å². The van der Waals surface area contributed by atoms with E-state index in [0.29, 0.717) is 13.2 Å². The lowest BCUT2D eigenvalue weighted by atomic mass is 10.3. The van der Waals surface area contributed by atoms with Crippen molar-refractivity contribution in [1.29, 1.82) is 0 Å². The summed E-state index contributed by atoms with van der Waals surface area (Å²) in [6.45, 7) is 2.85. The fourth-order valence-corrected chi connectivity index (χ4v) is 1.38. The van der Waals surface area contributed by atoms with Crippen molar-refractivity contribution in [3.05, 3.63) is 30.3 Å². The van der Waals surface area contributed by atoms with E-state index in [1.54, 1.807) is 0 Å². The Morgan fingerprint density at radius 2 is 2.21 bits per heavy atom. The van der Waals surface area contributed by atoms with Crippen LogP contribution in [-0.4, -0.2) is 32.4 Å². The zero-order valence-corrected chi connectivity index (χ0v) is 8.06. The van der Waals surface area contributed by atoms with E-state index >= 15 is 0 Å². The molecular weight excluding hydrogens is 178 g/mol. The van der Waals surface area contributed by atoms with Crippen LogP contribution in [0.25, 0.3) is 0 Å². The van der Waals surface area contributed by atoms with E-state index in [4.69, 9.17) is 9.47 Å². The van der Waals surface area contributed by atoms with Crippen molar-refractivity contribution in [3.8, 4) is 5.75 Å². The van der Waals surface area contributed by atoms with Crippen LogP contribution in [0, 0.1) is 0 Å². The van der Waals surface area contributed by atoms with Crippen molar-refractivity contribution in [2.24, 2.45) is 0 Å². The minimum absolute atomic E-state index is 0.198. The Balaban J connectivity index is 1.76. The summed E-state index contributed by atoms with van der Waals surface area (Å²) in [5.74, 6) is 0.897. The van der Waals surface area contributed by atoms with Gasteiger partial charge in [0.1, 0.15) is 12.4 Å². The molecule has 0 aliphatic carbocycles. The topological polar surface area (TPSA) is 32.6 Å². The number of nitrogens with zero attached hydrogens (tertiary/aromatic N) is 1. The molecule has 1 aromatic carbocycles. The zero-order chi connectivity index (χ0) is 9.64. The molecular formula is C11H14NO2. The second-order valence-electron chi connectivity index (χ2n) is 3.26. The van der Waals surface area contributed by atoms with Crippen molar-refractivity contribution in [1.82, 2.24) is 5.32 Å². The van der Waals surface area contributed by atoms with Crippen molar-refractivity contribution in [2.45, 2.75) is 6.04 Å². The third-order valence-electron chi connectivity index (χ3n) is 2.12. The normalized spacial score (nSPS) is 21.9. The summed E-state index contributed by atoms with van der Waals surface area (Å²) in [4.78, 5) is 0. The molecule has 0 bridgehead atoms. The quantitative estimate of drug-likeness (QED) is 0.717. The SMILES string of the molecule is c1ccc(OCC2COCC[N]2)cc1. The van der Waals surface area contributed by atoms with Gasteiger partial charge in [-0.2, -0.15) is 0 Å². The molecule has 1 aromatic rings. The molecule has 1 fully saturated rings. The van der Waals surface area contributed by atoms with Gasteiger partial charge in [0.15, 0.2) is 0 Å². The maximum Gasteiger partial charge on any atom is 0.119 e. The molecule has 0 N–H and O–H groups in total. The first-order valence-electron chi connectivity index (χ1n) is 4.87. The summed E-state index contributed by atoms with van der Waals surface area (Å²) in [5.41, 5.74) is 0. The number of rotatable bonds is 3. The van der Waals surface area contributed by atoms with E-state index in [0.717, 1.165) is 18.9 Å². The maximum atomic E-state index is 5.57. The van der Waals surface area contributed by atoms with E-state index in [1.807, 2.05) is 30.3 Å². The van der Waals surface area contributed by atoms with Gasteiger partial charge in [-0.3, -0.25) is 0 Å². The molecule has 1 aliphatic heterocycles. The number of hydrogen-bond acceptors (Lipinski definition) is 2. The minimum atomic E-state index is 0.198. The first-order chi connectivity index (χ1) is 6.95. The highest BCUT2D eigenvalue weighted by Crippen LogP contribution is 2.09. The molecule has 0 amide bonds. The summed E-state index contributed by atoms with van der Waals surface area (Å²) in [7, 11) is 0. The summed E-state index contributed by atoms with van der Waals surface area (Å²) in [5, 5.41) is 4.39. The fraction of sp³-hybridized carbons (Fsp3) is 0.455. The van der Waals surface area contributed by atoms with Crippen molar-refractivity contribution in [2.75, 3.05) is 26.4 Å². The van der Waals surface area contributed by atoms with Gasteiger partial charge in [-0.15, -0.1) is 0 Å². The smallest absolute Gasteiger partial charge is 0.119 e. The minimum Gasteiger partial charge on any atom is -0.492 e. The summed E-state index contributed by atoms with van der Waals surface area (Å²) in [6.07, 6.45) is 0. The monoisotopic (exact) mass is 192 g/mol. The lowest BCUT2D eigenvalue weighted by Gasteiger charge is -2.21. The van der Waals surface area contributed by atoms with E-state index in [2.05, 4.69) is 5.32 Å². The molecule has 75 valence electrons. The first-order valence-corrected chi connectivity index (χ1v) is 4.87. The molecule has 1 saturated heterocycles. The Morgan fingerprint density at radius 1 is 1.36 bits per heavy atom. The standard InChI is InChI=1S/C11H14NO2/c1-2-4-11(5-3-1)14-9-10-8-13-7-6-12-10/h1-5,10H,6-9H2. The molecule has 1 atom stereocenters. The number of hydrogen-bond donors (Lipinski definition) is 0.